The lowest BCUT2D eigenvalue weighted by Crippen LogP contribution is -2.49. The van der Waals surface area contributed by atoms with Gasteiger partial charge in [-0.25, -0.2) is 0 Å². The molecule has 0 aromatic rings. The molecule has 2 amide bonds. The average Bonchev–Trinajstić information content (AvgIpc) is 2.86. The van der Waals surface area contributed by atoms with E-state index in [1.807, 2.05) is 19.0 Å². The Balaban J connectivity index is 2.65. The van der Waals surface area contributed by atoms with Crippen molar-refractivity contribution in [2.75, 3.05) is 40.9 Å². The van der Waals surface area contributed by atoms with Crippen LogP contribution in [-0.2, 0) is 14.3 Å². The molecule has 21 heavy (non-hydrogen) atoms. The van der Waals surface area contributed by atoms with E-state index in [-0.39, 0.29) is 18.4 Å². The van der Waals surface area contributed by atoms with Crippen LogP contribution in [0.1, 0.15) is 26.7 Å². The van der Waals surface area contributed by atoms with Gasteiger partial charge in [-0.15, -0.1) is 0 Å². The summed E-state index contributed by atoms with van der Waals surface area (Å²) in [7, 11) is 5.54. The van der Waals surface area contributed by atoms with Crippen molar-refractivity contribution in [2.45, 2.75) is 38.8 Å². The van der Waals surface area contributed by atoms with E-state index >= 15 is 0 Å². The minimum absolute atomic E-state index is 0.0117. The van der Waals surface area contributed by atoms with Crippen molar-refractivity contribution in [3.05, 3.63) is 0 Å². The molecule has 0 aromatic carbocycles. The maximum Gasteiger partial charge on any atom is 0.246 e. The van der Waals surface area contributed by atoms with Crippen molar-refractivity contribution in [1.82, 2.24) is 15.1 Å². The molecule has 6 nitrogen and oxygen atoms in total. The maximum absolute atomic E-state index is 12.6. The molecule has 0 radical (unpaired) electrons. The number of carbonyl (C=O) groups is 2. The minimum Gasteiger partial charge on any atom is -0.375 e. The fourth-order valence-electron chi connectivity index (χ4n) is 2.64. The van der Waals surface area contributed by atoms with E-state index in [9.17, 15) is 9.59 Å². The molecule has 0 aromatic heterocycles. The molecular weight excluding hydrogens is 270 g/mol. The molecule has 0 aliphatic carbocycles. The normalized spacial score (nSPS) is 20.1. The van der Waals surface area contributed by atoms with E-state index in [1.54, 1.807) is 0 Å². The van der Waals surface area contributed by atoms with Crippen LogP contribution >= 0.6 is 0 Å². The van der Waals surface area contributed by atoms with Crippen LogP contribution in [0.3, 0.4) is 0 Å². The summed E-state index contributed by atoms with van der Waals surface area (Å²) in [5.74, 6) is 0.131. The summed E-state index contributed by atoms with van der Waals surface area (Å²) in [5.41, 5.74) is 0. The summed E-state index contributed by atoms with van der Waals surface area (Å²) in [6.07, 6.45) is 1.64. The van der Waals surface area contributed by atoms with Crippen LogP contribution in [0.4, 0.5) is 0 Å². The van der Waals surface area contributed by atoms with Crippen molar-refractivity contribution in [2.24, 2.45) is 5.92 Å². The summed E-state index contributed by atoms with van der Waals surface area (Å²) in [4.78, 5) is 28.4. The third-order valence-corrected chi connectivity index (χ3v) is 3.82. The SMILES string of the molecule is COCC(=O)N[C@@H](CC(C)C)C(=O)N1CC[C@H](N(C)C)C1. The van der Waals surface area contributed by atoms with Crippen molar-refractivity contribution in [3.8, 4) is 0 Å². The van der Waals surface area contributed by atoms with E-state index in [4.69, 9.17) is 4.74 Å². The second-order valence-electron chi connectivity index (χ2n) is 6.37. The van der Waals surface area contributed by atoms with Crippen LogP contribution in [0.2, 0.25) is 0 Å². The number of rotatable bonds is 7. The van der Waals surface area contributed by atoms with Crippen molar-refractivity contribution < 1.29 is 14.3 Å². The number of hydrogen-bond acceptors (Lipinski definition) is 4. The number of nitrogens with zero attached hydrogens (tertiary/aromatic N) is 2. The molecule has 0 bridgehead atoms. The third-order valence-electron chi connectivity index (χ3n) is 3.82. The molecule has 1 aliphatic rings. The zero-order chi connectivity index (χ0) is 16.0. The maximum atomic E-state index is 12.6. The second-order valence-corrected chi connectivity index (χ2v) is 6.37. The molecule has 0 saturated carbocycles. The van der Waals surface area contributed by atoms with Gasteiger partial charge >= 0.3 is 0 Å². The van der Waals surface area contributed by atoms with Crippen molar-refractivity contribution in [1.29, 1.82) is 0 Å². The number of likely N-dealkylation sites (N-methyl/N-ethyl adjacent to an activating group) is 1. The highest BCUT2D eigenvalue weighted by Gasteiger charge is 2.32. The van der Waals surface area contributed by atoms with Gasteiger partial charge in [0.1, 0.15) is 12.6 Å². The lowest BCUT2D eigenvalue weighted by Gasteiger charge is -2.26. The zero-order valence-electron chi connectivity index (χ0n) is 13.9. The third kappa shape index (κ3) is 5.63. The molecule has 1 aliphatic heterocycles. The number of ether oxygens (including phenoxy) is 1. The van der Waals surface area contributed by atoms with Crippen LogP contribution in [0, 0.1) is 5.92 Å². The topological polar surface area (TPSA) is 61.9 Å². The molecule has 6 heteroatoms. The molecule has 1 heterocycles. The number of nitrogens with one attached hydrogen (secondary N) is 1. The van der Waals surface area contributed by atoms with E-state index in [0.717, 1.165) is 19.5 Å². The summed E-state index contributed by atoms with van der Waals surface area (Å²) in [5, 5.41) is 2.80. The van der Waals surface area contributed by atoms with Gasteiger partial charge in [-0.1, -0.05) is 13.8 Å². The van der Waals surface area contributed by atoms with Crippen LogP contribution < -0.4 is 5.32 Å². The van der Waals surface area contributed by atoms with E-state index in [0.29, 0.717) is 18.4 Å². The zero-order valence-corrected chi connectivity index (χ0v) is 13.9. The molecule has 0 unspecified atom stereocenters. The van der Waals surface area contributed by atoms with Crippen LogP contribution in [0.5, 0.6) is 0 Å². The first-order valence-corrected chi connectivity index (χ1v) is 7.58. The van der Waals surface area contributed by atoms with Gasteiger partial charge < -0.3 is 19.9 Å². The predicted octanol–water partition coefficient (Wildman–Crippen LogP) is 0.326. The second kappa shape index (κ2) is 8.34. The van der Waals surface area contributed by atoms with Gasteiger partial charge in [-0.3, -0.25) is 9.59 Å². The Morgan fingerprint density at radius 1 is 1.38 bits per heavy atom. The summed E-state index contributed by atoms with van der Waals surface area (Å²) < 4.78 is 4.82. The average molecular weight is 299 g/mol. The van der Waals surface area contributed by atoms with Crippen LogP contribution in [0.15, 0.2) is 0 Å². The van der Waals surface area contributed by atoms with E-state index in [2.05, 4.69) is 24.1 Å². The van der Waals surface area contributed by atoms with Gasteiger partial charge in [0, 0.05) is 26.2 Å². The Bertz CT molecular complexity index is 358. The Labute approximate surface area is 127 Å². The smallest absolute Gasteiger partial charge is 0.246 e. The number of amides is 2. The molecule has 1 N–H and O–H groups in total. The Hall–Kier alpha value is -1.14. The lowest BCUT2D eigenvalue weighted by molar-refractivity contribution is -0.137. The standard InChI is InChI=1S/C15H29N3O3/c1-11(2)8-13(16-14(19)10-21-5)15(20)18-7-6-12(9-18)17(3)4/h11-13H,6-10H2,1-5H3,(H,16,19)/t12-,13-/m0/s1. The summed E-state index contributed by atoms with van der Waals surface area (Å²) in [6, 6.07) is -0.0445. The van der Waals surface area contributed by atoms with E-state index < -0.39 is 6.04 Å². The van der Waals surface area contributed by atoms with Gasteiger partial charge in [-0.2, -0.15) is 0 Å². The molecule has 1 saturated heterocycles. The summed E-state index contributed by atoms with van der Waals surface area (Å²) in [6.45, 7) is 5.59. The molecule has 1 rings (SSSR count). The Morgan fingerprint density at radius 3 is 2.52 bits per heavy atom. The fourth-order valence-corrected chi connectivity index (χ4v) is 2.64. The number of likely N-dealkylation sites (tertiary alicyclic amines) is 1. The fraction of sp³-hybridized carbons (Fsp3) is 0.867. The highest BCUT2D eigenvalue weighted by molar-refractivity contribution is 5.88. The molecule has 122 valence electrons. The lowest BCUT2D eigenvalue weighted by atomic mass is 10.0. The van der Waals surface area contributed by atoms with Crippen molar-refractivity contribution >= 4 is 11.8 Å². The van der Waals surface area contributed by atoms with Gasteiger partial charge in [0.15, 0.2) is 0 Å². The number of methoxy groups -OCH3 is 1. The molecule has 0 spiro atoms. The molecular formula is C15H29N3O3. The van der Waals surface area contributed by atoms with Gasteiger partial charge in [0.2, 0.25) is 11.8 Å². The van der Waals surface area contributed by atoms with Gasteiger partial charge in [0.25, 0.3) is 0 Å². The van der Waals surface area contributed by atoms with E-state index in [1.165, 1.54) is 7.11 Å². The summed E-state index contributed by atoms with van der Waals surface area (Å²) >= 11 is 0. The van der Waals surface area contributed by atoms with Crippen molar-refractivity contribution in [3.63, 3.8) is 0 Å². The first kappa shape index (κ1) is 17.9. The number of carbonyl (C=O) groups excluding carboxylic acids is 2. The van der Waals surface area contributed by atoms with Crippen LogP contribution in [-0.4, -0.2) is 74.6 Å². The monoisotopic (exact) mass is 299 g/mol. The highest BCUT2D eigenvalue weighted by Crippen LogP contribution is 2.16. The predicted molar refractivity (Wildman–Crippen MR) is 81.9 cm³/mol. The highest BCUT2D eigenvalue weighted by atomic mass is 16.5. The molecule has 2 atom stereocenters. The van der Waals surface area contributed by atoms with Gasteiger partial charge in [0.05, 0.1) is 0 Å². The first-order chi connectivity index (χ1) is 9.85. The first-order valence-electron chi connectivity index (χ1n) is 7.58. The molecule has 1 fully saturated rings. The minimum atomic E-state index is -0.450. The Kier molecular flexibility index (Phi) is 7.11. The number of hydrogen-bond donors (Lipinski definition) is 1. The largest absolute Gasteiger partial charge is 0.375 e. The Morgan fingerprint density at radius 2 is 2.05 bits per heavy atom. The van der Waals surface area contributed by atoms with Gasteiger partial charge in [-0.05, 0) is 32.9 Å². The van der Waals surface area contributed by atoms with Crippen LogP contribution in [0.25, 0.3) is 0 Å². The quantitative estimate of drug-likeness (QED) is 0.736.